The van der Waals surface area contributed by atoms with Gasteiger partial charge in [-0.2, -0.15) is 0 Å². The SMILES string of the molecule is CCNC(=O)C1CCCN1C(=O)[C@H](CCCN=C(N)N)NC(=O)[C@H](CC(C)C)NC(=O)[C@@H](Cc1ccc2ccccc2c1)NC(=O)[C@H](Cc1ccc(O)cc1)NC(=O)[C@H](CO)NC(=O)CCc1cccc2ccccc12. The van der Waals surface area contributed by atoms with E-state index in [2.05, 4.69) is 36.9 Å². The van der Waals surface area contributed by atoms with Crippen molar-refractivity contribution < 1.29 is 43.8 Å². The first-order valence-corrected chi connectivity index (χ1v) is 26.0. The van der Waals surface area contributed by atoms with Gasteiger partial charge in [0, 0.05) is 38.9 Å². The quantitative estimate of drug-likeness (QED) is 0.0218. The Bertz CT molecular complexity index is 2850. The third-order valence-corrected chi connectivity index (χ3v) is 13.3. The number of likely N-dealkylation sites (N-methyl/N-ethyl adjacent to an activating group) is 1. The van der Waals surface area contributed by atoms with Gasteiger partial charge in [0.15, 0.2) is 5.96 Å². The molecule has 1 aliphatic rings. The number of aromatic hydroxyl groups is 1. The van der Waals surface area contributed by atoms with E-state index in [9.17, 15) is 43.8 Å². The summed E-state index contributed by atoms with van der Waals surface area (Å²) in [6.07, 6.45) is 1.75. The van der Waals surface area contributed by atoms with Crippen molar-refractivity contribution in [2.24, 2.45) is 22.4 Å². The van der Waals surface area contributed by atoms with E-state index in [1.807, 2.05) is 98.8 Å². The Morgan fingerprint density at radius 2 is 1.28 bits per heavy atom. The summed E-state index contributed by atoms with van der Waals surface area (Å²) >= 11 is 0. The average Bonchev–Trinajstić information content (AvgIpc) is 3.91. The maximum atomic E-state index is 14.8. The number of aliphatic imine (C=N–C) groups is 1. The maximum Gasteiger partial charge on any atom is 0.245 e. The number of amides is 7. The number of nitrogens with one attached hydrogen (secondary N) is 6. The smallest absolute Gasteiger partial charge is 0.245 e. The van der Waals surface area contributed by atoms with Crippen LogP contribution in [-0.2, 0) is 52.8 Å². The lowest BCUT2D eigenvalue weighted by Gasteiger charge is -2.30. The van der Waals surface area contributed by atoms with Crippen molar-refractivity contribution in [3.63, 3.8) is 0 Å². The van der Waals surface area contributed by atoms with Gasteiger partial charge in [0.05, 0.1) is 6.61 Å². The molecule has 12 N–H and O–H groups in total. The summed E-state index contributed by atoms with van der Waals surface area (Å²) in [5, 5.41) is 40.9. The second-order valence-electron chi connectivity index (χ2n) is 19.6. The molecule has 0 aliphatic carbocycles. The summed E-state index contributed by atoms with van der Waals surface area (Å²) in [5.41, 5.74) is 13.2. The molecule has 6 rings (SSSR count). The number of benzene rings is 5. The number of nitrogens with zero attached hydrogens (tertiary/aromatic N) is 2. The molecule has 0 saturated carbocycles. The van der Waals surface area contributed by atoms with Gasteiger partial charge < -0.3 is 58.5 Å². The fraction of sp³-hybridized carbons (Fsp3) is 0.404. The van der Waals surface area contributed by atoms with Crippen LogP contribution in [0, 0.1) is 5.92 Å². The van der Waals surface area contributed by atoms with E-state index >= 15 is 0 Å². The molecule has 6 atom stereocenters. The van der Waals surface area contributed by atoms with Crippen LogP contribution in [0.25, 0.3) is 21.5 Å². The van der Waals surface area contributed by atoms with Crippen molar-refractivity contribution in [2.45, 2.75) is 115 Å². The van der Waals surface area contributed by atoms with E-state index < -0.39 is 78.3 Å². The lowest BCUT2D eigenvalue weighted by Crippen LogP contribution is -2.60. The maximum absolute atomic E-state index is 14.8. The number of aryl methyl sites for hydroxylation is 1. The minimum Gasteiger partial charge on any atom is -0.508 e. The van der Waals surface area contributed by atoms with E-state index in [1.165, 1.54) is 17.0 Å². The van der Waals surface area contributed by atoms with Crippen molar-refractivity contribution in [3.05, 3.63) is 126 Å². The van der Waals surface area contributed by atoms with Gasteiger partial charge in [-0.1, -0.05) is 111 Å². The van der Waals surface area contributed by atoms with Crippen LogP contribution in [0.4, 0.5) is 0 Å². The Hall–Kier alpha value is -8.06. The summed E-state index contributed by atoms with van der Waals surface area (Å²) in [4.78, 5) is 104. The van der Waals surface area contributed by atoms with Crippen LogP contribution in [0.3, 0.4) is 0 Å². The van der Waals surface area contributed by atoms with Gasteiger partial charge in [-0.05, 0) is 102 Å². The van der Waals surface area contributed by atoms with E-state index in [1.54, 1.807) is 19.1 Å². The van der Waals surface area contributed by atoms with Gasteiger partial charge in [-0.25, -0.2) is 0 Å². The Kier molecular flexibility index (Phi) is 21.1. The zero-order valence-electron chi connectivity index (χ0n) is 43.4. The van der Waals surface area contributed by atoms with Gasteiger partial charge in [0.1, 0.15) is 42.0 Å². The number of aliphatic hydroxyl groups excluding tert-OH is 1. The number of phenols is 1. The fourth-order valence-electron chi connectivity index (χ4n) is 9.46. The zero-order chi connectivity index (χ0) is 54.7. The van der Waals surface area contributed by atoms with Crippen molar-refractivity contribution in [1.82, 2.24) is 36.8 Å². The van der Waals surface area contributed by atoms with Crippen LogP contribution in [0.2, 0.25) is 0 Å². The van der Waals surface area contributed by atoms with E-state index in [-0.39, 0.29) is 62.2 Å². The molecular weight excluding hydrogens is 969 g/mol. The number of rotatable bonds is 26. The first-order chi connectivity index (χ1) is 36.5. The summed E-state index contributed by atoms with van der Waals surface area (Å²) in [6.45, 7) is 5.57. The second-order valence-corrected chi connectivity index (χ2v) is 19.6. The molecule has 1 aliphatic heterocycles. The molecule has 7 amide bonds. The number of aliphatic hydroxyl groups is 1. The van der Waals surface area contributed by atoms with Crippen molar-refractivity contribution in [2.75, 3.05) is 26.2 Å². The van der Waals surface area contributed by atoms with Crippen LogP contribution in [0.15, 0.2) is 114 Å². The first kappa shape index (κ1) is 57.2. The van der Waals surface area contributed by atoms with Crippen molar-refractivity contribution in [1.29, 1.82) is 0 Å². The Morgan fingerprint density at radius 3 is 1.95 bits per heavy atom. The van der Waals surface area contributed by atoms with Gasteiger partial charge in [-0.15, -0.1) is 0 Å². The van der Waals surface area contributed by atoms with Gasteiger partial charge in [0.25, 0.3) is 0 Å². The second kappa shape index (κ2) is 28.0. The Balaban J connectivity index is 1.25. The van der Waals surface area contributed by atoms with E-state index in [0.717, 1.165) is 27.1 Å². The topological polar surface area (TPSA) is 300 Å². The Morgan fingerprint density at radius 1 is 0.684 bits per heavy atom. The van der Waals surface area contributed by atoms with Crippen LogP contribution in [-0.4, -0.2) is 125 Å². The zero-order valence-corrected chi connectivity index (χ0v) is 43.4. The standard InChI is InChI=1S/C57H72N10O9/c1-4-60-55(75)49-19-11-29-67(49)56(76)44(18-10-28-61-57(58)59)63-51(71)45(30-35(2)3)64-53(73)47(33-37-20-23-38-12-5-6-14-41(38)31-37)65-52(72)46(32-36-21-25-42(69)26-22-36)66-54(74)48(34-68)62-50(70)27-24-40-16-9-15-39-13-7-8-17-43(39)40/h5-9,12-17,20-23,25-26,31,35,44-49,68-69H,4,10-11,18-19,24,27-30,32-34H2,1-3H3,(H,60,75)(H,62,70)(H,63,71)(H,64,73)(H,65,72)(H,66,74)(H4,58,59,61)/t44-,45-,46-,47+,48-,49?/m0/s1. The molecule has 1 heterocycles. The van der Waals surface area contributed by atoms with Crippen LogP contribution >= 0.6 is 0 Å². The lowest BCUT2D eigenvalue weighted by molar-refractivity contribution is -0.142. The summed E-state index contributed by atoms with van der Waals surface area (Å²) in [6, 6.07) is 25.5. The molecule has 0 radical (unpaired) electrons. The molecule has 5 aromatic carbocycles. The highest BCUT2D eigenvalue weighted by Crippen LogP contribution is 2.23. The number of hydrogen-bond acceptors (Lipinski definition) is 10. The largest absolute Gasteiger partial charge is 0.508 e. The molecule has 1 saturated heterocycles. The van der Waals surface area contributed by atoms with E-state index in [4.69, 9.17) is 11.5 Å². The lowest BCUT2D eigenvalue weighted by atomic mass is 9.98. The highest BCUT2D eigenvalue weighted by molar-refractivity contribution is 5.98. The molecule has 0 bridgehead atoms. The normalized spacial score (nSPS) is 15.2. The van der Waals surface area contributed by atoms with Gasteiger partial charge in [0.2, 0.25) is 41.4 Å². The number of fused-ring (bicyclic) bond motifs is 2. The van der Waals surface area contributed by atoms with Gasteiger partial charge >= 0.3 is 0 Å². The summed E-state index contributed by atoms with van der Waals surface area (Å²) in [5.74, 6) is -4.65. The number of nitrogens with two attached hydrogens (primary N) is 2. The molecule has 19 heteroatoms. The van der Waals surface area contributed by atoms with E-state index in [0.29, 0.717) is 49.9 Å². The number of hydrogen-bond donors (Lipinski definition) is 10. The fourth-order valence-corrected chi connectivity index (χ4v) is 9.46. The van der Waals surface area contributed by atoms with Crippen molar-refractivity contribution >= 4 is 68.9 Å². The summed E-state index contributed by atoms with van der Waals surface area (Å²) < 4.78 is 0. The molecule has 1 fully saturated rings. The number of phenolic OH excluding ortho intramolecular Hbond substituents is 1. The monoisotopic (exact) mass is 1040 g/mol. The molecule has 19 nitrogen and oxygen atoms in total. The first-order valence-electron chi connectivity index (χ1n) is 26.0. The minimum atomic E-state index is -1.45. The number of carbonyl (C=O) groups is 7. The molecule has 1 unspecified atom stereocenters. The highest BCUT2D eigenvalue weighted by atomic mass is 16.3. The predicted molar refractivity (Wildman–Crippen MR) is 291 cm³/mol. The number of likely N-dealkylation sites (tertiary alicyclic amines) is 1. The predicted octanol–water partition coefficient (Wildman–Crippen LogP) is 2.76. The minimum absolute atomic E-state index is 0.00364. The number of carbonyl (C=O) groups excluding carboxylic acids is 7. The van der Waals surface area contributed by atoms with Crippen LogP contribution < -0.4 is 43.4 Å². The van der Waals surface area contributed by atoms with Gasteiger partial charge in [-0.3, -0.25) is 38.6 Å². The van der Waals surface area contributed by atoms with Crippen LogP contribution in [0.5, 0.6) is 5.75 Å². The molecule has 5 aromatic rings. The van der Waals surface area contributed by atoms with Crippen LogP contribution in [0.1, 0.15) is 76.0 Å². The highest BCUT2D eigenvalue weighted by Gasteiger charge is 2.39. The van der Waals surface area contributed by atoms with Crippen molar-refractivity contribution in [3.8, 4) is 5.75 Å². The third kappa shape index (κ3) is 16.5. The Labute approximate surface area is 443 Å². The summed E-state index contributed by atoms with van der Waals surface area (Å²) in [7, 11) is 0. The number of guanidine groups is 1. The molecule has 0 aromatic heterocycles. The molecular formula is C57H72N10O9. The average molecular weight is 1040 g/mol. The third-order valence-electron chi connectivity index (χ3n) is 13.3. The molecule has 0 spiro atoms. The molecule has 404 valence electrons. The molecule has 76 heavy (non-hydrogen) atoms.